The van der Waals surface area contributed by atoms with Gasteiger partial charge >= 0.3 is 0 Å². The fraction of sp³-hybridized carbons (Fsp3) is 0.375. The van der Waals surface area contributed by atoms with Crippen molar-refractivity contribution in [2.24, 2.45) is 0 Å². The predicted molar refractivity (Wildman–Crippen MR) is 39.3 cm³/mol. The van der Waals surface area contributed by atoms with Crippen LogP contribution in [0.15, 0.2) is 24.8 Å². The van der Waals surface area contributed by atoms with Crippen LogP contribution in [0.2, 0.25) is 0 Å². The first-order valence-electron chi connectivity index (χ1n) is 3.05. The number of allylic oxidation sites excluding steroid dienone is 3. The minimum absolute atomic E-state index is 0.110. The molecular formula is C8H12O. The van der Waals surface area contributed by atoms with E-state index < -0.39 is 0 Å². The summed E-state index contributed by atoms with van der Waals surface area (Å²) in [6.45, 7) is 5.10. The van der Waals surface area contributed by atoms with Gasteiger partial charge in [0.05, 0.1) is 0 Å². The maximum Gasteiger partial charge on any atom is 0.152 e. The molecule has 0 heterocycles. The van der Waals surface area contributed by atoms with Gasteiger partial charge in [0.15, 0.2) is 5.78 Å². The van der Waals surface area contributed by atoms with Gasteiger partial charge in [-0.05, 0) is 25.8 Å². The molecule has 1 heteroatoms. The van der Waals surface area contributed by atoms with Gasteiger partial charge in [0.1, 0.15) is 0 Å². The highest BCUT2D eigenvalue weighted by Crippen LogP contribution is 1.90. The van der Waals surface area contributed by atoms with E-state index in [1.54, 1.807) is 13.0 Å². The Labute approximate surface area is 56.1 Å². The fourth-order valence-corrected chi connectivity index (χ4v) is 0.463. The largest absolute Gasteiger partial charge is 0.295 e. The number of carbonyl (C=O) groups is 1. The zero-order valence-corrected chi connectivity index (χ0v) is 5.76. The highest BCUT2D eigenvalue weighted by atomic mass is 16.1. The number of hydrogen-bond donors (Lipinski definition) is 0. The van der Waals surface area contributed by atoms with E-state index in [-0.39, 0.29) is 5.78 Å². The lowest BCUT2D eigenvalue weighted by Crippen LogP contribution is -1.78. The van der Waals surface area contributed by atoms with Crippen molar-refractivity contribution in [3.63, 3.8) is 0 Å². The number of carbonyl (C=O) groups excluding carboxylic acids is 1. The van der Waals surface area contributed by atoms with E-state index in [2.05, 4.69) is 6.58 Å². The number of hydrogen-bond acceptors (Lipinski definition) is 1. The molecular weight excluding hydrogens is 112 g/mol. The average Bonchev–Trinajstić information content (AvgIpc) is 1.80. The Bertz CT molecular complexity index is 123. The van der Waals surface area contributed by atoms with Crippen LogP contribution in [0, 0.1) is 0 Å². The quantitative estimate of drug-likeness (QED) is 0.318. The van der Waals surface area contributed by atoms with Crippen molar-refractivity contribution in [1.29, 1.82) is 0 Å². The third kappa shape index (κ3) is 7.15. The number of rotatable bonds is 4. The number of ketones is 1. The van der Waals surface area contributed by atoms with Gasteiger partial charge in [-0.2, -0.15) is 0 Å². The average molecular weight is 124 g/mol. The normalized spacial score (nSPS) is 9.89. The van der Waals surface area contributed by atoms with Crippen molar-refractivity contribution >= 4 is 5.78 Å². The van der Waals surface area contributed by atoms with Gasteiger partial charge in [0, 0.05) is 0 Å². The Balaban J connectivity index is 3.24. The van der Waals surface area contributed by atoms with E-state index in [0.29, 0.717) is 0 Å². The molecule has 50 valence electrons. The molecule has 0 rings (SSSR count). The Hall–Kier alpha value is -0.850. The fourth-order valence-electron chi connectivity index (χ4n) is 0.463. The molecule has 1 nitrogen and oxygen atoms in total. The topological polar surface area (TPSA) is 17.1 Å². The molecule has 0 bridgehead atoms. The minimum atomic E-state index is 0.110. The van der Waals surface area contributed by atoms with E-state index >= 15 is 0 Å². The molecule has 9 heavy (non-hydrogen) atoms. The van der Waals surface area contributed by atoms with E-state index in [9.17, 15) is 4.79 Å². The second kappa shape index (κ2) is 5.29. The Morgan fingerprint density at radius 1 is 1.56 bits per heavy atom. The molecule has 0 aromatic carbocycles. The maximum atomic E-state index is 10.3. The third-order valence-electron chi connectivity index (χ3n) is 0.890. The van der Waals surface area contributed by atoms with Crippen molar-refractivity contribution in [3.8, 4) is 0 Å². The van der Waals surface area contributed by atoms with Crippen LogP contribution in [-0.2, 0) is 4.79 Å². The first kappa shape index (κ1) is 8.15. The molecule has 0 N–H and O–H groups in total. The van der Waals surface area contributed by atoms with E-state index in [0.717, 1.165) is 12.8 Å². The van der Waals surface area contributed by atoms with Crippen molar-refractivity contribution < 1.29 is 4.79 Å². The van der Waals surface area contributed by atoms with Crippen molar-refractivity contribution in [2.75, 3.05) is 0 Å². The van der Waals surface area contributed by atoms with Crippen LogP contribution in [0.5, 0.6) is 0 Å². The summed E-state index contributed by atoms with van der Waals surface area (Å²) in [7, 11) is 0. The first-order chi connectivity index (χ1) is 4.27. The molecule has 0 aliphatic rings. The lowest BCUT2D eigenvalue weighted by Gasteiger charge is -1.81. The van der Waals surface area contributed by atoms with Crippen LogP contribution < -0.4 is 0 Å². The summed E-state index contributed by atoms with van der Waals surface area (Å²) < 4.78 is 0. The summed E-state index contributed by atoms with van der Waals surface area (Å²) in [4.78, 5) is 10.3. The Morgan fingerprint density at radius 3 is 2.67 bits per heavy atom. The highest BCUT2D eigenvalue weighted by Gasteiger charge is 1.79. The Morgan fingerprint density at radius 2 is 2.22 bits per heavy atom. The van der Waals surface area contributed by atoms with Crippen LogP contribution in [0.25, 0.3) is 0 Å². The van der Waals surface area contributed by atoms with E-state index in [4.69, 9.17) is 0 Å². The van der Waals surface area contributed by atoms with E-state index in [1.807, 2.05) is 12.2 Å². The standard InChI is InChI=1S/C8H12O/c1-3-4-5-6-7-8(2)9/h3,6-7H,1,4-5H2,2H3/b7-6-. The molecule has 0 radical (unpaired) electrons. The zero-order valence-electron chi connectivity index (χ0n) is 5.76. The summed E-state index contributed by atoms with van der Waals surface area (Å²) in [6, 6.07) is 0. The lowest BCUT2D eigenvalue weighted by molar-refractivity contribution is -0.112. The molecule has 0 fully saturated rings. The van der Waals surface area contributed by atoms with Crippen molar-refractivity contribution in [2.45, 2.75) is 19.8 Å². The second-order valence-electron chi connectivity index (χ2n) is 1.88. The van der Waals surface area contributed by atoms with Gasteiger partial charge in [0.2, 0.25) is 0 Å². The summed E-state index contributed by atoms with van der Waals surface area (Å²) in [5, 5.41) is 0. The van der Waals surface area contributed by atoms with Gasteiger partial charge in [-0.15, -0.1) is 6.58 Å². The molecule has 0 aromatic heterocycles. The zero-order chi connectivity index (χ0) is 7.11. The smallest absolute Gasteiger partial charge is 0.152 e. The monoisotopic (exact) mass is 124 g/mol. The molecule has 0 aliphatic heterocycles. The van der Waals surface area contributed by atoms with Crippen LogP contribution >= 0.6 is 0 Å². The van der Waals surface area contributed by atoms with Crippen LogP contribution in [0.1, 0.15) is 19.8 Å². The van der Waals surface area contributed by atoms with Crippen molar-refractivity contribution in [3.05, 3.63) is 24.8 Å². The second-order valence-corrected chi connectivity index (χ2v) is 1.88. The molecule has 0 atom stereocenters. The van der Waals surface area contributed by atoms with Gasteiger partial charge in [0.25, 0.3) is 0 Å². The SMILES string of the molecule is C=CCC/C=C\C(C)=O. The summed E-state index contributed by atoms with van der Waals surface area (Å²) in [5.74, 6) is 0.110. The van der Waals surface area contributed by atoms with Gasteiger partial charge in [-0.3, -0.25) is 4.79 Å². The number of unbranched alkanes of at least 4 members (excludes halogenated alkanes) is 1. The minimum Gasteiger partial charge on any atom is -0.295 e. The summed E-state index contributed by atoms with van der Waals surface area (Å²) >= 11 is 0. The third-order valence-corrected chi connectivity index (χ3v) is 0.890. The first-order valence-corrected chi connectivity index (χ1v) is 3.05. The molecule has 0 aliphatic carbocycles. The molecule has 0 aromatic rings. The predicted octanol–water partition coefficient (Wildman–Crippen LogP) is 2.10. The van der Waals surface area contributed by atoms with Crippen LogP contribution in [-0.4, -0.2) is 5.78 Å². The van der Waals surface area contributed by atoms with Crippen molar-refractivity contribution in [1.82, 2.24) is 0 Å². The molecule has 0 saturated heterocycles. The van der Waals surface area contributed by atoms with E-state index in [1.165, 1.54) is 0 Å². The molecule has 0 saturated carbocycles. The Kier molecular flexibility index (Phi) is 4.79. The van der Waals surface area contributed by atoms with Gasteiger partial charge < -0.3 is 0 Å². The highest BCUT2D eigenvalue weighted by molar-refractivity contribution is 5.87. The van der Waals surface area contributed by atoms with Gasteiger partial charge in [-0.25, -0.2) is 0 Å². The lowest BCUT2D eigenvalue weighted by atomic mass is 10.2. The summed E-state index contributed by atoms with van der Waals surface area (Å²) in [6.07, 6.45) is 7.16. The maximum absolute atomic E-state index is 10.3. The molecule has 0 amide bonds. The molecule has 0 spiro atoms. The van der Waals surface area contributed by atoms with Gasteiger partial charge in [-0.1, -0.05) is 12.2 Å². The van der Waals surface area contributed by atoms with Crippen LogP contribution in [0.4, 0.5) is 0 Å². The summed E-state index contributed by atoms with van der Waals surface area (Å²) in [5.41, 5.74) is 0. The van der Waals surface area contributed by atoms with Crippen LogP contribution in [0.3, 0.4) is 0 Å². The molecule has 0 unspecified atom stereocenters.